The fraction of sp³-hybridized carbons (Fsp3) is 0.500. The molecule has 0 unspecified atom stereocenters. The van der Waals surface area contributed by atoms with Crippen LogP contribution in [0.2, 0.25) is 0 Å². The van der Waals surface area contributed by atoms with Gasteiger partial charge in [0.2, 0.25) is 0 Å². The van der Waals surface area contributed by atoms with E-state index < -0.39 is 0 Å². The van der Waals surface area contributed by atoms with Crippen molar-refractivity contribution in [3.63, 3.8) is 0 Å². The summed E-state index contributed by atoms with van der Waals surface area (Å²) in [6, 6.07) is 0. The van der Waals surface area contributed by atoms with Crippen molar-refractivity contribution in [1.29, 1.82) is 0 Å². The topological polar surface area (TPSA) is 17.1 Å². The molecule has 0 aliphatic carbocycles. The lowest BCUT2D eigenvalue weighted by Crippen LogP contribution is -1.92. The predicted octanol–water partition coefficient (Wildman–Crippen LogP) is 3.44. The van der Waals surface area contributed by atoms with Crippen LogP contribution in [0.15, 0.2) is 23.3 Å². The molecule has 0 atom stereocenters. The molecule has 0 aliphatic rings. The second-order valence-corrected chi connectivity index (χ2v) is 2.94. The van der Waals surface area contributed by atoms with Crippen LogP contribution in [0.25, 0.3) is 0 Å². The summed E-state index contributed by atoms with van der Waals surface area (Å²) < 4.78 is 0. The van der Waals surface area contributed by atoms with Gasteiger partial charge in [-0.2, -0.15) is 0 Å². The third kappa shape index (κ3) is 6.17. The number of allylic oxidation sites excluding steroid dienone is 4. The molecule has 0 saturated carbocycles. The molecule has 0 amide bonds. The molecule has 0 fully saturated rings. The van der Waals surface area contributed by atoms with Gasteiger partial charge in [0.05, 0.1) is 0 Å². The molecule has 0 heterocycles. The molecule has 0 spiro atoms. The highest BCUT2D eigenvalue weighted by Crippen LogP contribution is 2.04. The zero-order chi connectivity index (χ0) is 9.40. The number of hydrogen-bond acceptors (Lipinski definition) is 1. The van der Waals surface area contributed by atoms with Gasteiger partial charge in [0, 0.05) is 17.9 Å². The van der Waals surface area contributed by atoms with E-state index in [2.05, 4.69) is 0 Å². The largest absolute Gasteiger partial charge is 0.300 e. The Bertz CT molecular complexity index is 192. The van der Waals surface area contributed by atoms with Gasteiger partial charge >= 0.3 is 0 Å². The molecular weight excluding hydrogens is 172 g/mol. The predicted molar refractivity (Wildman–Crippen MR) is 53.3 cm³/mol. The van der Waals surface area contributed by atoms with E-state index in [1.54, 1.807) is 0 Å². The Morgan fingerprint density at radius 2 is 2.17 bits per heavy atom. The number of rotatable bonds is 5. The Kier molecular flexibility index (Phi) is 6.78. The van der Waals surface area contributed by atoms with Gasteiger partial charge < -0.3 is 0 Å². The van der Waals surface area contributed by atoms with E-state index in [0.717, 1.165) is 11.5 Å². The normalized spacial score (nSPS) is 12.4. The minimum Gasteiger partial charge on any atom is -0.300 e. The molecule has 0 radical (unpaired) electrons. The highest BCUT2D eigenvalue weighted by atomic mass is 35.5. The van der Waals surface area contributed by atoms with Crippen LogP contribution < -0.4 is 0 Å². The first kappa shape index (κ1) is 11.4. The molecule has 1 nitrogen and oxygen atoms in total. The van der Waals surface area contributed by atoms with Crippen molar-refractivity contribution in [3.05, 3.63) is 23.3 Å². The molecule has 0 aromatic carbocycles. The van der Waals surface area contributed by atoms with Gasteiger partial charge in [-0.1, -0.05) is 30.7 Å². The Morgan fingerprint density at radius 1 is 1.50 bits per heavy atom. The first-order chi connectivity index (χ1) is 5.70. The van der Waals surface area contributed by atoms with E-state index in [4.69, 9.17) is 11.6 Å². The molecule has 0 rings (SSSR count). The average molecular weight is 187 g/mol. The van der Waals surface area contributed by atoms with Crippen LogP contribution in [-0.2, 0) is 4.79 Å². The van der Waals surface area contributed by atoms with Crippen molar-refractivity contribution < 1.29 is 4.79 Å². The Morgan fingerprint density at radius 3 is 2.67 bits per heavy atom. The zero-order valence-electron chi connectivity index (χ0n) is 7.64. The molecule has 68 valence electrons. The van der Waals surface area contributed by atoms with Crippen LogP contribution in [0.4, 0.5) is 0 Å². The molecule has 0 N–H and O–H groups in total. The number of carbonyl (C=O) groups excluding carboxylic acids is 1. The summed E-state index contributed by atoms with van der Waals surface area (Å²) in [5, 5.41) is 0.721. The van der Waals surface area contributed by atoms with Gasteiger partial charge in [-0.05, 0) is 19.4 Å². The van der Waals surface area contributed by atoms with Crippen molar-refractivity contribution in [3.8, 4) is 0 Å². The first-order valence-corrected chi connectivity index (χ1v) is 4.58. The van der Waals surface area contributed by atoms with E-state index in [1.165, 1.54) is 0 Å². The molecule has 2 heteroatoms. The quantitative estimate of drug-likeness (QED) is 0.602. The monoisotopic (exact) mass is 186 g/mol. The Labute approximate surface area is 79.1 Å². The van der Waals surface area contributed by atoms with Gasteiger partial charge in [0.1, 0.15) is 5.78 Å². The van der Waals surface area contributed by atoms with E-state index in [9.17, 15) is 4.79 Å². The van der Waals surface area contributed by atoms with Gasteiger partial charge in [-0.3, -0.25) is 4.79 Å². The van der Waals surface area contributed by atoms with E-state index in [1.807, 2.05) is 32.1 Å². The Hall–Kier alpha value is -0.560. The number of hydrogen-bond donors (Lipinski definition) is 0. The molecule has 0 aromatic heterocycles. The lowest BCUT2D eigenvalue weighted by atomic mass is 10.2. The molecule has 0 bridgehead atoms. The van der Waals surface area contributed by atoms with Crippen molar-refractivity contribution in [2.75, 3.05) is 0 Å². The highest BCUT2D eigenvalue weighted by Gasteiger charge is 1.93. The average Bonchev–Trinajstić information content (AvgIpc) is 2.11. The van der Waals surface area contributed by atoms with Crippen molar-refractivity contribution in [2.45, 2.75) is 33.1 Å². The summed E-state index contributed by atoms with van der Waals surface area (Å²) in [5.74, 6) is 0.302. The third-order valence-corrected chi connectivity index (χ3v) is 1.88. The highest BCUT2D eigenvalue weighted by molar-refractivity contribution is 6.31. The van der Waals surface area contributed by atoms with Crippen LogP contribution in [0.5, 0.6) is 0 Å². The number of Topliss-reactive ketones (excluding diaryl/α,β-unsaturated/α-hetero) is 1. The van der Waals surface area contributed by atoms with E-state index in [-0.39, 0.29) is 0 Å². The summed E-state index contributed by atoms with van der Waals surface area (Å²) in [4.78, 5) is 10.8. The minimum absolute atomic E-state index is 0.302. The second-order valence-electron chi connectivity index (χ2n) is 2.51. The van der Waals surface area contributed by atoms with Gasteiger partial charge in [-0.25, -0.2) is 0 Å². The molecule has 0 aromatic rings. The van der Waals surface area contributed by atoms with Crippen molar-refractivity contribution in [1.82, 2.24) is 0 Å². The maximum absolute atomic E-state index is 10.8. The lowest BCUT2D eigenvalue weighted by molar-refractivity contribution is -0.118. The molecule has 0 saturated heterocycles. The first-order valence-electron chi connectivity index (χ1n) is 4.20. The van der Waals surface area contributed by atoms with Crippen LogP contribution >= 0.6 is 11.6 Å². The maximum Gasteiger partial charge on any atom is 0.132 e. The summed E-state index contributed by atoms with van der Waals surface area (Å²) in [7, 11) is 0. The van der Waals surface area contributed by atoms with Crippen LogP contribution in [0.3, 0.4) is 0 Å². The number of halogens is 1. The number of carbonyl (C=O) groups is 1. The van der Waals surface area contributed by atoms with Crippen LogP contribution in [0.1, 0.15) is 33.1 Å². The summed E-state index contributed by atoms with van der Waals surface area (Å²) in [6.07, 6.45) is 7.61. The fourth-order valence-electron chi connectivity index (χ4n) is 0.713. The number of ketones is 1. The molecular formula is C10H15ClO. The van der Waals surface area contributed by atoms with Crippen LogP contribution in [-0.4, -0.2) is 5.78 Å². The van der Waals surface area contributed by atoms with E-state index in [0.29, 0.717) is 18.6 Å². The zero-order valence-corrected chi connectivity index (χ0v) is 8.40. The van der Waals surface area contributed by atoms with Crippen molar-refractivity contribution in [2.24, 2.45) is 0 Å². The fourth-order valence-corrected chi connectivity index (χ4v) is 0.802. The van der Waals surface area contributed by atoms with Gasteiger partial charge in [0.25, 0.3) is 0 Å². The SMILES string of the molecule is CC=C(Cl)C=CCCC(=O)CC. The summed E-state index contributed by atoms with van der Waals surface area (Å²) in [6.45, 7) is 3.76. The summed E-state index contributed by atoms with van der Waals surface area (Å²) >= 11 is 5.70. The van der Waals surface area contributed by atoms with Crippen LogP contribution in [0, 0.1) is 0 Å². The minimum atomic E-state index is 0.302. The standard InChI is InChI=1S/C10H15ClO/c1-3-9(11)7-5-6-8-10(12)4-2/h3,5,7H,4,6,8H2,1-2H3. The van der Waals surface area contributed by atoms with Gasteiger partial charge in [-0.15, -0.1) is 0 Å². The van der Waals surface area contributed by atoms with E-state index >= 15 is 0 Å². The second kappa shape index (κ2) is 7.11. The Balaban J connectivity index is 3.56. The lowest BCUT2D eigenvalue weighted by Gasteiger charge is -1.91. The maximum atomic E-state index is 10.8. The van der Waals surface area contributed by atoms with Crippen molar-refractivity contribution >= 4 is 17.4 Å². The summed E-state index contributed by atoms with van der Waals surface area (Å²) in [5.41, 5.74) is 0. The third-order valence-electron chi connectivity index (χ3n) is 1.54. The molecule has 12 heavy (non-hydrogen) atoms. The van der Waals surface area contributed by atoms with Gasteiger partial charge in [0.15, 0.2) is 0 Å². The molecule has 0 aliphatic heterocycles. The smallest absolute Gasteiger partial charge is 0.132 e.